The average Bonchev–Trinajstić information content (AvgIpc) is 2.40. The lowest BCUT2D eigenvalue weighted by molar-refractivity contribution is 0.332. The van der Waals surface area contributed by atoms with Gasteiger partial charge in [0.05, 0.1) is 5.69 Å². The standard InChI is InChI=1S/C15H14BrF2NO/c1-10-7-14(18)15(9-13(10)17)19-5-6-20-12-4-2-3-11(16)8-12/h2-4,7-9,19H,5-6H2,1H3. The quantitative estimate of drug-likeness (QED) is 0.807. The Hall–Kier alpha value is -1.62. The molecule has 20 heavy (non-hydrogen) atoms. The van der Waals surface area contributed by atoms with Crippen molar-refractivity contribution >= 4 is 21.6 Å². The van der Waals surface area contributed by atoms with Gasteiger partial charge in [-0.05, 0) is 36.8 Å². The van der Waals surface area contributed by atoms with Gasteiger partial charge in [-0.3, -0.25) is 0 Å². The lowest BCUT2D eigenvalue weighted by atomic mass is 10.2. The maximum Gasteiger partial charge on any atom is 0.146 e. The first-order valence-corrected chi connectivity index (χ1v) is 6.93. The summed E-state index contributed by atoms with van der Waals surface area (Å²) in [6.07, 6.45) is 0. The molecule has 0 saturated heterocycles. The van der Waals surface area contributed by atoms with Gasteiger partial charge in [-0.1, -0.05) is 22.0 Å². The van der Waals surface area contributed by atoms with E-state index in [9.17, 15) is 8.78 Å². The lowest BCUT2D eigenvalue weighted by Crippen LogP contribution is -2.12. The first-order valence-electron chi connectivity index (χ1n) is 6.14. The Labute approximate surface area is 124 Å². The van der Waals surface area contributed by atoms with Crippen LogP contribution < -0.4 is 10.1 Å². The normalized spacial score (nSPS) is 10.4. The molecular weight excluding hydrogens is 328 g/mol. The first kappa shape index (κ1) is 14.8. The van der Waals surface area contributed by atoms with Gasteiger partial charge in [0.25, 0.3) is 0 Å². The molecule has 2 aromatic rings. The summed E-state index contributed by atoms with van der Waals surface area (Å²) < 4.78 is 33.3. The van der Waals surface area contributed by atoms with E-state index in [1.54, 1.807) is 0 Å². The van der Waals surface area contributed by atoms with Crippen LogP contribution in [0, 0.1) is 18.6 Å². The third-order valence-electron chi connectivity index (χ3n) is 2.73. The molecule has 0 unspecified atom stereocenters. The fourth-order valence-corrected chi connectivity index (χ4v) is 2.07. The molecule has 0 spiro atoms. The minimum absolute atomic E-state index is 0.144. The number of hydrogen-bond donors (Lipinski definition) is 1. The van der Waals surface area contributed by atoms with E-state index in [2.05, 4.69) is 21.2 Å². The molecule has 5 heteroatoms. The van der Waals surface area contributed by atoms with E-state index in [0.717, 1.165) is 16.3 Å². The van der Waals surface area contributed by atoms with E-state index < -0.39 is 11.6 Å². The number of hydrogen-bond acceptors (Lipinski definition) is 2. The van der Waals surface area contributed by atoms with Crippen LogP contribution in [0.2, 0.25) is 0 Å². The van der Waals surface area contributed by atoms with Crippen molar-refractivity contribution in [3.63, 3.8) is 0 Å². The molecule has 0 aliphatic rings. The summed E-state index contributed by atoms with van der Waals surface area (Å²) in [6.45, 7) is 2.26. The van der Waals surface area contributed by atoms with Crippen molar-refractivity contribution in [3.05, 3.63) is 58.1 Å². The van der Waals surface area contributed by atoms with Gasteiger partial charge in [0.2, 0.25) is 0 Å². The summed E-state index contributed by atoms with van der Waals surface area (Å²) >= 11 is 3.35. The zero-order valence-corrected chi connectivity index (χ0v) is 12.5. The SMILES string of the molecule is Cc1cc(F)c(NCCOc2cccc(Br)c2)cc1F. The van der Waals surface area contributed by atoms with E-state index in [1.807, 2.05) is 24.3 Å². The summed E-state index contributed by atoms with van der Waals surface area (Å²) in [4.78, 5) is 0. The van der Waals surface area contributed by atoms with Crippen LogP contribution in [0.4, 0.5) is 14.5 Å². The van der Waals surface area contributed by atoms with Crippen molar-refractivity contribution in [2.45, 2.75) is 6.92 Å². The molecule has 0 saturated carbocycles. The van der Waals surface area contributed by atoms with E-state index >= 15 is 0 Å². The Kier molecular flexibility index (Phi) is 4.95. The molecule has 0 amide bonds. The predicted octanol–water partition coefficient (Wildman–Crippen LogP) is 4.53. The number of aryl methyl sites for hydroxylation is 1. The molecule has 2 aromatic carbocycles. The minimum Gasteiger partial charge on any atom is -0.492 e. The highest BCUT2D eigenvalue weighted by molar-refractivity contribution is 9.10. The number of anilines is 1. The maximum absolute atomic E-state index is 13.6. The molecule has 0 bridgehead atoms. The minimum atomic E-state index is -0.466. The summed E-state index contributed by atoms with van der Waals surface area (Å²) in [5, 5.41) is 2.81. The first-order chi connectivity index (χ1) is 9.56. The fourth-order valence-electron chi connectivity index (χ4n) is 1.69. The molecule has 0 aliphatic carbocycles. The maximum atomic E-state index is 13.6. The van der Waals surface area contributed by atoms with Gasteiger partial charge in [0.15, 0.2) is 0 Å². The zero-order valence-electron chi connectivity index (χ0n) is 10.9. The average molecular weight is 342 g/mol. The zero-order chi connectivity index (χ0) is 14.5. The highest BCUT2D eigenvalue weighted by atomic mass is 79.9. The van der Waals surface area contributed by atoms with Crippen molar-refractivity contribution in [1.82, 2.24) is 0 Å². The summed E-state index contributed by atoms with van der Waals surface area (Å²) in [5.74, 6) is -0.176. The second kappa shape index (κ2) is 6.70. The van der Waals surface area contributed by atoms with Gasteiger partial charge in [-0.15, -0.1) is 0 Å². The third-order valence-corrected chi connectivity index (χ3v) is 3.22. The molecule has 0 aromatic heterocycles. The van der Waals surface area contributed by atoms with Crippen LogP contribution in [0.5, 0.6) is 5.75 Å². The van der Waals surface area contributed by atoms with Crippen LogP contribution in [0.25, 0.3) is 0 Å². The highest BCUT2D eigenvalue weighted by Gasteiger charge is 2.06. The Morgan fingerprint density at radius 2 is 1.95 bits per heavy atom. The van der Waals surface area contributed by atoms with Gasteiger partial charge in [-0.25, -0.2) is 8.78 Å². The molecule has 106 valence electrons. The fraction of sp³-hybridized carbons (Fsp3) is 0.200. The van der Waals surface area contributed by atoms with Crippen LogP contribution in [0.1, 0.15) is 5.56 Å². The smallest absolute Gasteiger partial charge is 0.146 e. The molecular formula is C15H14BrF2NO. The largest absolute Gasteiger partial charge is 0.492 e. The van der Waals surface area contributed by atoms with Crippen LogP contribution in [-0.2, 0) is 0 Å². The van der Waals surface area contributed by atoms with Crippen LogP contribution in [0.3, 0.4) is 0 Å². The van der Waals surface area contributed by atoms with Gasteiger partial charge < -0.3 is 10.1 Å². The van der Waals surface area contributed by atoms with E-state index in [1.165, 1.54) is 13.0 Å². The molecule has 0 atom stereocenters. The van der Waals surface area contributed by atoms with Crippen LogP contribution in [-0.4, -0.2) is 13.2 Å². The van der Waals surface area contributed by atoms with Gasteiger partial charge in [-0.2, -0.15) is 0 Å². The summed E-state index contributed by atoms with van der Waals surface area (Å²) in [7, 11) is 0. The summed E-state index contributed by atoms with van der Waals surface area (Å²) in [6, 6.07) is 9.76. The third kappa shape index (κ3) is 3.93. The second-order valence-corrected chi connectivity index (χ2v) is 5.23. The van der Waals surface area contributed by atoms with Gasteiger partial charge in [0.1, 0.15) is 24.0 Å². The molecule has 2 nitrogen and oxygen atoms in total. The Balaban J connectivity index is 1.86. The number of rotatable bonds is 5. The van der Waals surface area contributed by atoms with Crippen molar-refractivity contribution in [3.8, 4) is 5.75 Å². The Bertz CT molecular complexity index is 604. The monoisotopic (exact) mass is 341 g/mol. The van der Waals surface area contributed by atoms with E-state index in [4.69, 9.17) is 4.74 Å². The lowest BCUT2D eigenvalue weighted by Gasteiger charge is -2.10. The number of benzene rings is 2. The predicted molar refractivity (Wildman–Crippen MR) is 79.2 cm³/mol. The van der Waals surface area contributed by atoms with E-state index in [-0.39, 0.29) is 5.69 Å². The van der Waals surface area contributed by atoms with E-state index in [0.29, 0.717) is 18.7 Å². The van der Waals surface area contributed by atoms with Crippen molar-refractivity contribution in [1.29, 1.82) is 0 Å². The number of halogens is 3. The van der Waals surface area contributed by atoms with Crippen molar-refractivity contribution in [2.24, 2.45) is 0 Å². The van der Waals surface area contributed by atoms with Gasteiger partial charge >= 0.3 is 0 Å². The number of ether oxygens (including phenoxy) is 1. The van der Waals surface area contributed by atoms with Gasteiger partial charge in [0, 0.05) is 17.1 Å². The van der Waals surface area contributed by atoms with Crippen LogP contribution in [0.15, 0.2) is 40.9 Å². The molecule has 0 radical (unpaired) electrons. The Morgan fingerprint density at radius 3 is 2.70 bits per heavy atom. The molecule has 2 rings (SSSR count). The highest BCUT2D eigenvalue weighted by Crippen LogP contribution is 2.19. The topological polar surface area (TPSA) is 21.3 Å². The second-order valence-electron chi connectivity index (χ2n) is 4.31. The molecule has 1 N–H and O–H groups in total. The molecule has 0 fully saturated rings. The van der Waals surface area contributed by atoms with Crippen molar-refractivity contribution in [2.75, 3.05) is 18.5 Å². The molecule has 0 aliphatic heterocycles. The molecule has 0 heterocycles. The Morgan fingerprint density at radius 1 is 1.15 bits per heavy atom. The number of nitrogens with one attached hydrogen (secondary N) is 1. The van der Waals surface area contributed by atoms with Crippen LogP contribution >= 0.6 is 15.9 Å². The summed E-state index contributed by atoms with van der Waals surface area (Å²) in [5.41, 5.74) is 0.435. The van der Waals surface area contributed by atoms with Crippen molar-refractivity contribution < 1.29 is 13.5 Å².